The number of carbonyl (C=O) groups is 4. The van der Waals surface area contributed by atoms with Crippen LogP contribution < -0.4 is 95.9 Å². The number of carbonyl (C=O) groups excluding carboxylic acids is 4. The van der Waals surface area contributed by atoms with Crippen molar-refractivity contribution in [1.29, 1.82) is 0 Å². The van der Waals surface area contributed by atoms with Gasteiger partial charge in [-0.2, -0.15) is 0 Å². The summed E-state index contributed by atoms with van der Waals surface area (Å²) in [6.45, 7) is -1.88. The summed E-state index contributed by atoms with van der Waals surface area (Å²) in [5.41, 5.74) is 0. The maximum absolute atomic E-state index is 10.5. The van der Waals surface area contributed by atoms with Crippen molar-refractivity contribution in [3.8, 4) is 0 Å². The van der Waals surface area contributed by atoms with E-state index in [1.165, 1.54) is 0 Å². The molecule has 0 spiro atoms. The van der Waals surface area contributed by atoms with E-state index in [1.54, 1.807) is 0 Å². The van der Waals surface area contributed by atoms with Crippen LogP contribution in [0.1, 0.15) is 0 Å². The summed E-state index contributed by atoms with van der Waals surface area (Å²) in [6, 6.07) is 0. The van der Waals surface area contributed by atoms with Crippen LogP contribution in [0.2, 0.25) is 0 Å². The summed E-state index contributed by atoms with van der Waals surface area (Å²) < 4.78 is 10.3. The molecule has 0 aromatic heterocycles. The van der Waals surface area contributed by atoms with Gasteiger partial charge >= 0.3 is 75.4 Å². The molecule has 30 heavy (non-hydrogen) atoms. The van der Waals surface area contributed by atoms with Crippen LogP contribution in [0.15, 0.2) is 0 Å². The van der Waals surface area contributed by atoms with E-state index in [1.807, 2.05) is 0 Å². The minimum absolute atomic E-state index is 0. The summed E-state index contributed by atoms with van der Waals surface area (Å²) in [6.07, 6.45) is 0. The molecule has 0 aromatic rings. The molecule has 0 fully saturated rings. The average Bonchev–Trinajstić information content (AvgIpc) is 2.47. The van der Waals surface area contributed by atoms with Crippen LogP contribution in [0.25, 0.3) is 0 Å². The molecule has 0 saturated carbocycles. The molecule has 16 heteroatoms. The monoisotopic (exact) mass is 404 g/mol. The second kappa shape index (κ2) is 25.4. The van der Waals surface area contributed by atoms with Crippen molar-refractivity contribution in [2.45, 2.75) is 0 Å². The SMILES string of the molecule is O=C([O-])CN(CCOCCOCCN(CC(=O)[O-])CC(=O)[O-])CC(=O)[O-].[Li+].[Li+].[Li+].[Li+]. The molecule has 150 valence electrons. The minimum Gasteiger partial charge on any atom is -0.549 e. The first-order valence-corrected chi connectivity index (χ1v) is 7.60. The van der Waals surface area contributed by atoms with E-state index in [0.29, 0.717) is 0 Å². The Kier molecular flexibility index (Phi) is 34.2. The molecule has 0 amide bonds. The Morgan fingerprint density at radius 2 is 0.733 bits per heavy atom. The maximum atomic E-state index is 10.5. The maximum Gasteiger partial charge on any atom is 1.00 e. The number of carboxylic acids is 4. The standard InChI is InChI=1S/C14H24N2O10.4Li/c17-11(18)7-15(8-12(19)20)1-3-25-5-6-26-4-2-16(9-13(21)22)10-14(23)24;;;;/h1-10H2,(H,17,18)(H,19,20)(H,21,22)(H,23,24);;;;/q;4*+1/p-4. The van der Waals surface area contributed by atoms with Gasteiger partial charge in [-0.25, -0.2) is 0 Å². The minimum atomic E-state index is -1.42. The summed E-state index contributed by atoms with van der Waals surface area (Å²) in [4.78, 5) is 44.0. The third kappa shape index (κ3) is 28.1. The quantitative estimate of drug-likeness (QED) is 0.165. The Morgan fingerprint density at radius 1 is 0.500 bits per heavy atom. The summed E-state index contributed by atoms with van der Waals surface area (Å²) >= 11 is 0. The first-order valence-electron chi connectivity index (χ1n) is 7.60. The fraction of sp³-hybridized carbons (Fsp3) is 0.714. The van der Waals surface area contributed by atoms with Gasteiger partial charge < -0.3 is 49.1 Å². The van der Waals surface area contributed by atoms with Gasteiger partial charge in [-0.05, 0) is 0 Å². The molecule has 0 atom stereocenters. The van der Waals surface area contributed by atoms with E-state index in [9.17, 15) is 39.6 Å². The number of hydrogen-bond acceptors (Lipinski definition) is 12. The van der Waals surface area contributed by atoms with Gasteiger partial charge in [-0.3, -0.25) is 9.80 Å². The smallest absolute Gasteiger partial charge is 0.549 e. The van der Waals surface area contributed by atoms with Crippen LogP contribution in [0, 0.1) is 0 Å². The van der Waals surface area contributed by atoms with Crippen LogP contribution in [-0.4, -0.2) is 99.4 Å². The van der Waals surface area contributed by atoms with Crippen LogP contribution in [0.4, 0.5) is 0 Å². The summed E-state index contributed by atoms with van der Waals surface area (Å²) in [5, 5.41) is 41.9. The third-order valence-electron chi connectivity index (χ3n) is 2.89. The van der Waals surface area contributed by atoms with Crippen molar-refractivity contribution in [2.75, 3.05) is 65.7 Å². The van der Waals surface area contributed by atoms with Crippen LogP contribution in [-0.2, 0) is 28.7 Å². The van der Waals surface area contributed by atoms with Gasteiger partial charge in [-0.15, -0.1) is 0 Å². The molecule has 0 aromatic carbocycles. The summed E-state index contributed by atoms with van der Waals surface area (Å²) in [7, 11) is 0. The molecule has 0 saturated heterocycles. The normalized spacial score (nSPS) is 9.53. The van der Waals surface area contributed by atoms with Crippen LogP contribution in [0.5, 0.6) is 0 Å². The predicted molar refractivity (Wildman–Crippen MR) is 74.5 cm³/mol. The molecule has 0 N–H and O–H groups in total. The molecule has 12 nitrogen and oxygen atoms in total. The van der Waals surface area contributed by atoms with E-state index >= 15 is 0 Å². The molecule has 0 aliphatic carbocycles. The number of nitrogens with zero attached hydrogens (tertiary/aromatic N) is 2. The second-order valence-electron chi connectivity index (χ2n) is 5.13. The molecular formula is C14H20Li4N2O10. The van der Waals surface area contributed by atoms with Gasteiger partial charge in [0, 0.05) is 39.3 Å². The zero-order valence-electron chi connectivity index (χ0n) is 18.0. The van der Waals surface area contributed by atoms with Crippen molar-refractivity contribution >= 4 is 23.9 Å². The van der Waals surface area contributed by atoms with Gasteiger partial charge in [-0.1, -0.05) is 0 Å². The van der Waals surface area contributed by atoms with Gasteiger partial charge in [0.2, 0.25) is 0 Å². The van der Waals surface area contributed by atoms with E-state index in [0.717, 1.165) is 9.80 Å². The van der Waals surface area contributed by atoms with Crippen molar-refractivity contribution in [1.82, 2.24) is 9.80 Å². The van der Waals surface area contributed by atoms with Crippen LogP contribution >= 0.6 is 0 Å². The van der Waals surface area contributed by atoms with Gasteiger partial charge in [0.25, 0.3) is 0 Å². The zero-order valence-corrected chi connectivity index (χ0v) is 18.0. The second-order valence-corrected chi connectivity index (χ2v) is 5.13. The van der Waals surface area contributed by atoms with Crippen molar-refractivity contribution in [3.63, 3.8) is 0 Å². The van der Waals surface area contributed by atoms with E-state index in [-0.39, 0.29) is 115 Å². The fourth-order valence-electron chi connectivity index (χ4n) is 1.87. The third-order valence-corrected chi connectivity index (χ3v) is 2.89. The molecule has 0 heterocycles. The number of rotatable bonds is 17. The topological polar surface area (TPSA) is 185 Å². The fourth-order valence-corrected chi connectivity index (χ4v) is 1.87. The number of hydrogen-bond donors (Lipinski definition) is 0. The van der Waals surface area contributed by atoms with Gasteiger partial charge in [0.1, 0.15) is 0 Å². The Morgan fingerprint density at radius 3 is 0.933 bits per heavy atom. The largest absolute Gasteiger partial charge is 1.00 e. The van der Waals surface area contributed by atoms with Crippen LogP contribution in [0.3, 0.4) is 0 Å². The Balaban J connectivity index is -0.000000521. The molecule has 0 aliphatic rings. The van der Waals surface area contributed by atoms with E-state index in [2.05, 4.69) is 0 Å². The Bertz CT molecular complexity index is 414. The van der Waals surface area contributed by atoms with Crippen molar-refractivity contribution in [2.24, 2.45) is 0 Å². The first kappa shape index (κ1) is 40.5. The van der Waals surface area contributed by atoms with E-state index < -0.39 is 50.1 Å². The average molecular weight is 404 g/mol. The first-order chi connectivity index (χ1) is 12.2. The zero-order chi connectivity index (χ0) is 19.9. The van der Waals surface area contributed by atoms with Gasteiger partial charge in [0.15, 0.2) is 0 Å². The molecule has 0 rings (SSSR count). The Labute approximate surface area is 222 Å². The molecule has 0 aliphatic heterocycles. The number of ether oxygens (including phenoxy) is 2. The Hall–Kier alpha value is 0.110. The number of aliphatic carboxylic acids is 4. The molecule has 0 unspecified atom stereocenters. The molecular weight excluding hydrogens is 384 g/mol. The molecule has 0 radical (unpaired) electrons. The molecule has 0 bridgehead atoms. The van der Waals surface area contributed by atoms with Crippen molar-refractivity contribution in [3.05, 3.63) is 0 Å². The van der Waals surface area contributed by atoms with Gasteiger partial charge in [0.05, 0.1) is 50.3 Å². The van der Waals surface area contributed by atoms with Crippen molar-refractivity contribution < 1.29 is 125 Å². The van der Waals surface area contributed by atoms with E-state index in [4.69, 9.17) is 9.47 Å². The number of carboxylic acid groups (broad SMARTS) is 4. The summed E-state index contributed by atoms with van der Waals surface area (Å²) in [5.74, 6) is -5.70. The predicted octanol–water partition coefficient (Wildman–Crippen LogP) is -19.4.